The van der Waals surface area contributed by atoms with E-state index in [1.54, 1.807) is 12.3 Å². The van der Waals surface area contributed by atoms with Crippen molar-refractivity contribution < 1.29 is 18.7 Å². The second kappa shape index (κ2) is 10.7. The van der Waals surface area contributed by atoms with Crippen molar-refractivity contribution in [3.05, 3.63) is 83.9 Å². The number of rotatable bonds is 8. The highest BCUT2D eigenvalue weighted by Gasteiger charge is 2.16. The second-order valence-corrected chi connectivity index (χ2v) is 8.68. The Bertz CT molecular complexity index is 1300. The molecular weight excluding hydrogens is 442 g/mol. The van der Waals surface area contributed by atoms with Crippen molar-refractivity contribution in [2.24, 2.45) is 0 Å². The molecule has 1 N–H and O–H groups in total. The van der Waals surface area contributed by atoms with Crippen molar-refractivity contribution in [1.29, 1.82) is 0 Å². The lowest BCUT2D eigenvalue weighted by Crippen LogP contribution is -2.35. The fraction of sp³-hybridized carbons (Fsp3) is 0.286. The van der Waals surface area contributed by atoms with E-state index in [0.29, 0.717) is 18.1 Å². The molecular formula is C28H29N3O4. The fourth-order valence-corrected chi connectivity index (χ4v) is 4.35. The van der Waals surface area contributed by atoms with Gasteiger partial charge in [-0.2, -0.15) is 0 Å². The van der Waals surface area contributed by atoms with Gasteiger partial charge < -0.3 is 19.2 Å². The van der Waals surface area contributed by atoms with Crippen LogP contribution in [-0.2, 0) is 22.6 Å². The molecule has 0 atom stereocenters. The number of carbonyl (C=O) groups excluding carboxylic acids is 1. The van der Waals surface area contributed by atoms with E-state index in [1.165, 1.54) is 0 Å². The Labute approximate surface area is 204 Å². The predicted octanol–water partition coefficient (Wildman–Crippen LogP) is 4.33. The number of hydrogen-bond donors (Lipinski definition) is 1. The van der Waals surface area contributed by atoms with E-state index in [4.69, 9.17) is 13.9 Å². The molecule has 0 radical (unpaired) electrons. The van der Waals surface area contributed by atoms with Crippen LogP contribution in [0.4, 0.5) is 0 Å². The molecule has 5 rings (SSSR count). The molecule has 7 nitrogen and oxygen atoms in total. The summed E-state index contributed by atoms with van der Waals surface area (Å²) in [5, 5.41) is 3.94. The van der Waals surface area contributed by atoms with E-state index in [1.807, 2.05) is 37.3 Å². The molecule has 0 bridgehead atoms. The van der Waals surface area contributed by atoms with Crippen LogP contribution in [0.3, 0.4) is 0 Å². The lowest BCUT2D eigenvalue weighted by atomic mass is 9.98. The van der Waals surface area contributed by atoms with Crippen molar-refractivity contribution in [2.75, 3.05) is 32.9 Å². The number of furan rings is 1. The minimum atomic E-state index is -0.196. The average Bonchev–Trinajstić information content (AvgIpc) is 3.40. The SMILES string of the molecule is Cc1cc(-c2ccc(OCC(=O)NCc3ccco3)c(CN3CCOCC3)c2)c2ccccc2n1. The van der Waals surface area contributed by atoms with Gasteiger partial charge in [0.05, 0.1) is 31.5 Å². The van der Waals surface area contributed by atoms with Crippen LogP contribution < -0.4 is 10.1 Å². The number of aromatic nitrogens is 1. The number of hydrogen-bond acceptors (Lipinski definition) is 6. The normalized spacial score (nSPS) is 14.2. The number of nitrogens with zero attached hydrogens (tertiary/aromatic N) is 2. The summed E-state index contributed by atoms with van der Waals surface area (Å²) in [7, 11) is 0. The zero-order valence-corrected chi connectivity index (χ0v) is 19.8. The second-order valence-electron chi connectivity index (χ2n) is 8.68. The molecule has 0 unspecified atom stereocenters. The molecule has 0 aliphatic carbocycles. The van der Waals surface area contributed by atoms with Gasteiger partial charge in [-0.1, -0.05) is 24.3 Å². The monoisotopic (exact) mass is 471 g/mol. The minimum absolute atomic E-state index is 0.0620. The molecule has 1 saturated heterocycles. The molecule has 35 heavy (non-hydrogen) atoms. The quantitative estimate of drug-likeness (QED) is 0.412. The Morgan fingerprint density at radius 3 is 2.77 bits per heavy atom. The third-order valence-corrected chi connectivity index (χ3v) is 6.11. The Kier molecular flexibility index (Phi) is 7.07. The smallest absolute Gasteiger partial charge is 0.258 e. The number of ether oxygens (including phenoxy) is 2. The van der Waals surface area contributed by atoms with Gasteiger partial charge in [0.25, 0.3) is 5.91 Å². The highest BCUT2D eigenvalue weighted by Crippen LogP contribution is 2.32. The molecule has 0 spiro atoms. The molecule has 180 valence electrons. The van der Waals surface area contributed by atoms with Gasteiger partial charge in [-0.3, -0.25) is 14.7 Å². The molecule has 1 aliphatic heterocycles. The first kappa shape index (κ1) is 23.1. The first-order valence-corrected chi connectivity index (χ1v) is 11.9. The van der Waals surface area contributed by atoms with Crippen LogP contribution in [0, 0.1) is 6.92 Å². The molecule has 1 fully saturated rings. The summed E-state index contributed by atoms with van der Waals surface area (Å²) in [5.41, 5.74) is 5.23. The lowest BCUT2D eigenvalue weighted by molar-refractivity contribution is -0.123. The van der Waals surface area contributed by atoms with Gasteiger partial charge in [-0.25, -0.2) is 0 Å². The summed E-state index contributed by atoms with van der Waals surface area (Å²) in [5.74, 6) is 1.22. The van der Waals surface area contributed by atoms with E-state index in [2.05, 4.69) is 39.5 Å². The minimum Gasteiger partial charge on any atom is -0.483 e. The Morgan fingerprint density at radius 2 is 1.94 bits per heavy atom. The van der Waals surface area contributed by atoms with Gasteiger partial charge >= 0.3 is 0 Å². The van der Waals surface area contributed by atoms with Crippen molar-refractivity contribution in [3.8, 4) is 16.9 Å². The number of para-hydroxylation sites is 1. The summed E-state index contributed by atoms with van der Waals surface area (Å²) in [6, 6.07) is 20.1. The lowest BCUT2D eigenvalue weighted by Gasteiger charge is -2.27. The summed E-state index contributed by atoms with van der Waals surface area (Å²) in [4.78, 5) is 19.4. The van der Waals surface area contributed by atoms with E-state index < -0.39 is 0 Å². The van der Waals surface area contributed by atoms with Crippen LogP contribution in [0.2, 0.25) is 0 Å². The third-order valence-electron chi connectivity index (χ3n) is 6.11. The largest absolute Gasteiger partial charge is 0.483 e. The number of benzene rings is 2. The van der Waals surface area contributed by atoms with Gasteiger partial charge in [0.2, 0.25) is 0 Å². The summed E-state index contributed by atoms with van der Waals surface area (Å²) < 4.78 is 16.8. The number of carbonyl (C=O) groups is 1. The van der Waals surface area contributed by atoms with Gasteiger partial charge in [-0.05, 0) is 54.4 Å². The van der Waals surface area contributed by atoms with Crippen LogP contribution in [0.25, 0.3) is 22.0 Å². The van der Waals surface area contributed by atoms with E-state index in [0.717, 1.165) is 66.1 Å². The zero-order chi connectivity index (χ0) is 24.0. The average molecular weight is 472 g/mol. The van der Waals surface area contributed by atoms with Gasteiger partial charge in [0, 0.05) is 36.3 Å². The Balaban J connectivity index is 1.39. The molecule has 2 aromatic heterocycles. The summed E-state index contributed by atoms with van der Waals surface area (Å²) in [6.45, 7) is 6.19. The van der Waals surface area contributed by atoms with Gasteiger partial charge in [0.1, 0.15) is 11.5 Å². The first-order chi connectivity index (χ1) is 17.2. The number of fused-ring (bicyclic) bond motifs is 1. The maximum atomic E-state index is 12.4. The standard InChI is InChI=1S/C28H29N3O4/c1-20-15-25(24-6-2-3-7-26(24)30-20)21-8-9-27(22(16-21)18-31-10-13-33-14-11-31)35-19-28(32)29-17-23-5-4-12-34-23/h2-9,12,15-16H,10-11,13-14,17-19H2,1H3,(H,29,32). The summed E-state index contributed by atoms with van der Waals surface area (Å²) >= 11 is 0. The maximum absolute atomic E-state index is 12.4. The van der Waals surface area contributed by atoms with Crippen LogP contribution in [-0.4, -0.2) is 48.7 Å². The van der Waals surface area contributed by atoms with Crippen molar-refractivity contribution in [3.63, 3.8) is 0 Å². The molecule has 2 aromatic carbocycles. The fourth-order valence-electron chi connectivity index (χ4n) is 4.35. The van der Waals surface area contributed by atoms with Crippen molar-refractivity contribution in [1.82, 2.24) is 15.2 Å². The molecule has 7 heteroatoms. The highest BCUT2D eigenvalue weighted by molar-refractivity contribution is 5.94. The number of nitrogens with one attached hydrogen (secondary N) is 1. The van der Waals surface area contributed by atoms with Crippen molar-refractivity contribution >= 4 is 16.8 Å². The number of amides is 1. The molecule has 4 aromatic rings. The van der Waals surface area contributed by atoms with Gasteiger partial charge in [0.15, 0.2) is 6.61 Å². The number of aryl methyl sites for hydroxylation is 1. The first-order valence-electron chi connectivity index (χ1n) is 11.9. The van der Waals surface area contributed by atoms with E-state index in [-0.39, 0.29) is 12.5 Å². The summed E-state index contributed by atoms with van der Waals surface area (Å²) in [6.07, 6.45) is 1.59. The molecule has 1 amide bonds. The predicted molar refractivity (Wildman–Crippen MR) is 134 cm³/mol. The Morgan fingerprint density at radius 1 is 1.09 bits per heavy atom. The molecule has 1 aliphatic rings. The van der Waals surface area contributed by atoms with Gasteiger partial charge in [-0.15, -0.1) is 0 Å². The van der Waals surface area contributed by atoms with E-state index >= 15 is 0 Å². The van der Waals surface area contributed by atoms with Crippen LogP contribution >= 0.6 is 0 Å². The zero-order valence-electron chi connectivity index (χ0n) is 19.8. The molecule has 3 heterocycles. The van der Waals surface area contributed by atoms with Crippen molar-refractivity contribution in [2.45, 2.75) is 20.0 Å². The topological polar surface area (TPSA) is 76.8 Å². The molecule has 0 saturated carbocycles. The Hall–Kier alpha value is -3.68. The highest BCUT2D eigenvalue weighted by atomic mass is 16.5. The van der Waals surface area contributed by atoms with Crippen LogP contribution in [0.1, 0.15) is 17.0 Å². The van der Waals surface area contributed by atoms with E-state index in [9.17, 15) is 4.79 Å². The van der Waals surface area contributed by atoms with Crippen LogP contribution in [0.5, 0.6) is 5.75 Å². The van der Waals surface area contributed by atoms with Crippen LogP contribution in [0.15, 0.2) is 71.3 Å². The third kappa shape index (κ3) is 5.70. The number of morpholine rings is 1. The maximum Gasteiger partial charge on any atom is 0.258 e. The number of pyridine rings is 1.